The molecule has 0 amide bonds. The topological polar surface area (TPSA) is 28.7 Å². The third-order valence-electron chi connectivity index (χ3n) is 1.30. The highest BCUT2D eigenvalue weighted by molar-refractivity contribution is 5.01. The first kappa shape index (κ1) is 5.03. The number of nitrogens with zero attached hydrogens (tertiary/aromatic N) is 1. The van der Waals surface area contributed by atoms with Crippen LogP contribution in [0.1, 0.15) is 26.7 Å². The molecule has 1 heterocycles. The smallest absolute Gasteiger partial charge is 0.0863 e. The van der Waals surface area contributed by atoms with Crippen LogP contribution < -0.4 is 0 Å². The molecule has 0 atom stereocenters. The van der Waals surface area contributed by atoms with Crippen LogP contribution in [0.4, 0.5) is 0 Å². The van der Waals surface area contributed by atoms with Crippen molar-refractivity contribution in [1.29, 1.82) is 0 Å². The Morgan fingerprint density at radius 3 is 3.33 bits per heavy atom. The van der Waals surface area contributed by atoms with Crippen molar-refractivity contribution in [2.45, 2.75) is 26.2 Å². The van der Waals surface area contributed by atoms with Crippen LogP contribution in [0.2, 0.25) is 0 Å². The molecule has 50 valence electrons. The largest absolute Gasteiger partial charge is 0.285 e. The molecule has 0 saturated heterocycles. The fraction of sp³-hybridized carbons (Fsp3) is 0.571. The maximum atomic E-state index is 7.29. The quantitative estimate of drug-likeness (QED) is 0.655. The van der Waals surface area contributed by atoms with Crippen molar-refractivity contribution in [2.24, 2.45) is 0 Å². The number of H-pyrrole nitrogens is 1. The summed E-state index contributed by atoms with van der Waals surface area (Å²) in [6.45, 7) is 2.14. The van der Waals surface area contributed by atoms with Gasteiger partial charge in [-0.3, -0.25) is 5.10 Å². The van der Waals surface area contributed by atoms with Crippen molar-refractivity contribution in [1.82, 2.24) is 10.2 Å². The number of rotatable bonds is 3. The molecule has 9 heavy (non-hydrogen) atoms. The van der Waals surface area contributed by atoms with Gasteiger partial charge < -0.3 is 0 Å². The molecular formula is C7H12N2. The molecule has 1 aromatic heterocycles. The van der Waals surface area contributed by atoms with Gasteiger partial charge in [0.05, 0.1) is 7.54 Å². The minimum Gasteiger partial charge on any atom is -0.285 e. The molecule has 0 aromatic carbocycles. The van der Waals surface area contributed by atoms with Gasteiger partial charge in [0.25, 0.3) is 0 Å². The van der Waals surface area contributed by atoms with E-state index in [0.717, 1.165) is 18.4 Å². The first-order valence-corrected chi connectivity index (χ1v) is 3.34. The zero-order valence-corrected chi connectivity index (χ0v) is 5.65. The van der Waals surface area contributed by atoms with Crippen molar-refractivity contribution < 1.29 is 1.37 Å². The molecule has 0 aliphatic rings. The van der Waals surface area contributed by atoms with E-state index in [9.17, 15) is 0 Å². The molecule has 0 saturated carbocycles. The highest BCUT2D eigenvalue weighted by Gasteiger charge is 1.89. The van der Waals surface area contributed by atoms with E-state index in [2.05, 4.69) is 17.1 Å². The lowest BCUT2D eigenvalue weighted by atomic mass is 10.2. The number of aromatic amines is 1. The Balaban J connectivity index is 2.49. The second-order valence-corrected chi connectivity index (χ2v) is 2.13. The Bertz CT molecular complexity index is 195. The lowest BCUT2D eigenvalue weighted by molar-refractivity contribution is 0.795. The van der Waals surface area contributed by atoms with Crippen LogP contribution in [0, 0.1) is 0 Å². The molecule has 1 N–H and O–H groups in total. The molecule has 0 radical (unpaired) electrons. The standard InChI is InChI=1S/C7H12N2/c1-2-3-4-7-5-8-9-6-7/h5-6H,2-4H2,1H3,(H,8,9)/i5D. The van der Waals surface area contributed by atoms with E-state index in [-0.39, 0.29) is 0 Å². The number of unbranched alkanes of at least 4 members (excludes halogenated alkanes) is 1. The number of hydrogen-bond acceptors (Lipinski definition) is 1. The third-order valence-corrected chi connectivity index (χ3v) is 1.30. The third kappa shape index (κ3) is 1.88. The van der Waals surface area contributed by atoms with E-state index >= 15 is 0 Å². The van der Waals surface area contributed by atoms with Gasteiger partial charge in [-0.2, -0.15) is 5.10 Å². The molecule has 0 spiro atoms. The normalized spacial score (nSPS) is 11.4. The SMILES string of the molecule is [2H]c1n[nH]cc1CCCC. The summed E-state index contributed by atoms with van der Waals surface area (Å²) in [7, 11) is 0. The minimum atomic E-state index is 0.397. The average Bonchev–Trinajstić information content (AvgIpc) is 2.31. The van der Waals surface area contributed by atoms with Crippen LogP contribution in [0.25, 0.3) is 0 Å². The number of aromatic nitrogens is 2. The fourth-order valence-electron chi connectivity index (χ4n) is 0.742. The van der Waals surface area contributed by atoms with Gasteiger partial charge in [0.1, 0.15) is 0 Å². The van der Waals surface area contributed by atoms with Crippen LogP contribution >= 0.6 is 0 Å². The van der Waals surface area contributed by atoms with Crippen molar-refractivity contribution >= 4 is 0 Å². The Hall–Kier alpha value is -0.790. The van der Waals surface area contributed by atoms with Crippen LogP contribution in [0.3, 0.4) is 0 Å². The highest BCUT2D eigenvalue weighted by Crippen LogP contribution is 2.00. The van der Waals surface area contributed by atoms with Gasteiger partial charge in [0.15, 0.2) is 0 Å². The number of hydrogen-bond donors (Lipinski definition) is 1. The monoisotopic (exact) mass is 125 g/mol. The minimum absolute atomic E-state index is 0.397. The lowest BCUT2D eigenvalue weighted by Crippen LogP contribution is -1.78. The van der Waals surface area contributed by atoms with Crippen LogP contribution in [0.5, 0.6) is 0 Å². The molecule has 1 aromatic rings. The summed E-state index contributed by atoms with van der Waals surface area (Å²) in [6.07, 6.45) is 5.49. The molecule has 0 fully saturated rings. The van der Waals surface area contributed by atoms with Crippen molar-refractivity contribution in [3.63, 3.8) is 0 Å². The summed E-state index contributed by atoms with van der Waals surface area (Å²) >= 11 is 0. The van der Waals surface area contributed by atoms with Crippen LogP contribution in [0.15, 0.2) is 12.4 Å². The summed E-state index contributed by atoms with van der Waals surface area (Å²) in [4.78, 5) is 0. The van der Waals surface area contributed by atoms with E-state index in [1.807, 2.05) is 0 Å². The highest BCUT2D eigenvalue weighted by atomic mass is 15.1. The fourth-order valence-corrected chi connectivity index (χ4v) is 0.742. The summed E-state index contributed by atoms with van der Waals surface area (Å²) in [5.74, 6) is 0. The average molecular weight is 125 g/mol. The van der Waals surface area contributed by atoms with E-state index in [4.69, 9.17) is 1.37 Å². The summed E-state index contributed by atoms with van der Waals surface area (Å²) in [6, 6.07) is 0. The molecule has 0 unspecified atom stereocenters. The van der Waals surface area contributed by atoms with E-state index < -0.39 is 0 Å². The molecule has 0 bridgehead atoms. The van der Waals surface area contributed by atoms with Gasteiger partial charge in [-0.1, -0.05) is 13.3 Å². The summed E-state index contributed by atoms with van der Waals surface area (Å²) in [5.41, 5.74) is 1.03. The van der Waals surface area contributed by atoms with Gasteiger partial charge >= 0.3 is 0 Å². The molecule has 0 aliphatic carbocycles. The summed E-state index contributed by atoms with van der Waals surface area (Å²) in [5, 5.41) is 6.38. The Kier molecular flexibility index (Phi) is 1.83. The van der Waals surface area contributed by atoms with Crippen molar-refractivity contribution in [3.05, 3.63) is 17.9 Å². The van der Waals surface area contributed by atoms with Gasteiger partial charge in [-0.15, -0.1) is 0 Å². The van der Waals surface area contributed by atoms with Crippen LogP contribution in [-0.4, -0.2) is 10.2 Å². The molecule has 0 aliphatic heterocycles. The maximum Gasteiger partial charge on any atom is 0.0863 e. The second kappa shape index (κ2) is 3.28. The van der Waals surface area contributed by atoms with Gasteiger partial charge in [0.2, 0.25) is 0 Å². The summed E-state index contributed by atoms with van der Waals surface area (Å²) < 4.78 is 7.29. The first-order valence-electron chi connectivity index (χ1n) is 3.84. The number of nitrogens with one attached hydrogen (secondary N) is 1. The van der Waals surface area contributed by atoms with Crippen LogP contribution in [-0.2, 0) is 6.42 Å². The predicted molar refractivity (Wildman–Crippen MR) is 37.2 cm³/mol. The maximum absolute atomic E-state index is 7.29. The van der Waals surface area contributed by atoms with Gasteiger partial charge in [-0.25, -0.2) is 0 Å². The lowest BCUT2D eigenvalue weighted by Gasteiger charge is -1.89. The van der Waals surface area contributed by atoms with E-state index in [1.165, 1.54) is 6.42 Å². The molecule has 2 heteroatoms. The van der Waals surface area contributed by atoms with Gasteiger partial charge in [-0.05, 0) is 18.4 Å². The Labute approximate surface area is 56.7 Å². The van der Waals surface area contributed by atoms with E-state index in [0.29, 0.717) is 6.17 Å². The van der Waals surface area contributed by atoms with Crippen molar-refractivity contribution in [3.8, 4) is 0 Å². The first-order chi connectivity index (χ1) is 4.84. The molecule has 2 nitrogen and oxygen atoms in total. The van der Waals surface area contributed by atoms with Crippen molar-refractivity contribution in [2.75, 3.05) is 0 Å². The molecule has 1 rings (SSSR count). The second-order valence-electron chi connectivity index (χ2n) is 2.13. The Morgan fingerprint density at radius 1 is 1.89 bits per heavy atom. The predicted octanol–water partition coefficient (Wildman–Crippen LogP) is 1.75. The zero-order valence-electron chi connectivity index (χ0n) is 6.65. The van der Waals surface area contributed by atoms with E-state index in [1.54, 1.807) is 6.20 Å². The zero-order chi connectivity index (χ0) is 7.40. The number of aryl methyl sites for hydroxylation is 1. The van der Waals surface area contributed by atoms with Gasteiger partial charge in [0, 0.05) is 6.20 Å². The Morgan fingerprint density at radius 2 is 2.78 bits per heavy atom. The molecular weight excluding hydrogens is 112 g/mol.